The van der Waals surface area contributed by atoms with Gasteiger partial charge in [0.2, 0.25) is 0 Å². The Labute approximate surface area is 153 Å². The average Bonchev–Trinajstić information content (AvgIpc) is 3.00. The van der Waals surface area contributed by atoms with Crippen LogP contribution in [0.5, 0.6) is 0 Å². The number of thiazole rings is 1. The first-order valence-electron chi connectivity index (χ1n) is 9.06. The molecule has 1 aliphatic carbocycles. The minimum atomic E-state index is -0.684. The van der Waals surface area contributed by atoms with Crippen molar-refractivity contribution in [2.75, 3.05) is 19.6 Å². The monoisotopic (exact) mass is 367 g/mol. The van der Waals surface area contributed by atoms with E-state index in [9.17, 15) is 9.90 Å². The Morgan fingerprint density at radius 2 is 2.12 bits per heavy atom. The van der Waals surface area contributed by atoms with Gasteiger partial charge in [0, 0.05) is 31.4 Å². The maximum atomic E-state index is 11.7. The van der Waals surface area contributed by atoms with Crippen LogP contribution in [0.25, 0.3) is 0 Å². The Morgan fingerprint density at radius 3 is 2.68 bits per heavy atom. The molecular weight excluding hydrogens is 338 g/mol. The van der Waals surface area contributed by atoms with Crippen LogP contribution < -0.4 is 5.32 Å². The van der Waals surface area contributed by atoms with Crippen LogP contribution in [-0.4, -0.2) is 58.3 Å². The van der Waals surface area contributed by atoms with Crippen LogP contribution in [0.15, 0.2) is 11.7 Å². The van der Waals surface area contributed by atoms with E-state index >= 15 is 0 Å². The predicted octanol–water partition coefficient (Wildman–Crippen LogP) is 1.89. The molecule has 1 aromatic heterocycles. The zero-order valence-electron chi connectivity index (χ0n) is 15.3. The van der Waals surface area contributed by atoms with Crippen LogP contribution in [0, 0.1) is 0 Å². The van der Waals surface area contributed by atoms with E-state index in [1.807, 2.05) is 20.8 Å². The fraction of sp³-hybridized carbons (Fsp3) is 0.778. The first kappa shape index (κ1) is 18.8. The number of likely N-dealkylation sites (tertiary alicyclic amines) is 1. The van der Waals surface area contributed by atoms with Crippen molar-refractivity contribution in [3.63, 3.8) is 0 Å². The zero-order valence-corrected chi connectivity index (χ0v) is 16.1. The molecule has 140 valence electrons. The summed E-state index contributed by atoms with van der Waals surface area (Å²) in [5.74, 6) is -0.196. The first-order chi connectivity index (χ1) is 11.8. The Bertz CT molecular complexity index is 571. The van der Waals surface area contributed by atoms with E-state index in [-0.39, 0.29) is 12.5 Å². The van der Waals surface area contributed by atoms with Gasteiger partial charge in [0.1, 0.15) is 11.2 Å². The van der Waals surface area contributed by atoms with Gasteiger partial charge in [-0.3, -0.25) is 14.7 Å². The molecule has 7 heteroatoms. The lowest BCUT2D eigenvalue weighted by atomic mass is 9.80. The molecule has 1 saturated carbocycles. The van der Waals surface area contributed by atoms with Crippen molar-refractivity contribution in [3.8, 4) is 0 Å². The molecule has 0 atom stereocenters. The molecule has 2 aliphatic rings. The van der Waals surface area contributed by atoms with Gasteiger partial charge in [0.05, 0.1) is 16.9 Å². The summed E-state index contributed by atoms with van der Waals surface area (Å²) >= 11 is 1.54. The van der Waals surface area contributed by atoms with Crippen LogP contribution >= 0.6 is 11.3 Å². The number of ether oxygens (including phenoxy) is 1. The van der Waals surface area contributed by atoms with E-state index in [0.717, 1.165) is 43.6 Å². The molecule has 2 heterocycles. The molecule has 1 aliphatic heterocycles. The Balaban J connectivity index is 1.36. The molecule has 0 radical (unpaired) electrons. The van der Waals surface area contributed by atoms with E-state index in [1.165, 1.54) is 0 Å². The zero-order chi connectivity index (χ0) is 18.1. The smallest absolute Gasteiger partial charge is 0.320 e. The van der Waals surface area contributed by atoms with Crippen LogP contribution in [0.3, 0.4) is 0 Å². The summed E-state index contributed by atoms with van der Waals surface area (Å²) in [5.41, 5.74) is 0.675. The van der Waals surface area contributed by atoms with E-state index < -0.39 is 11.2 Å². The number of rotatable bonds is 5. The highest BCUT2D eigenvalue weighted by Crippen LogP contribution is 2.40. The fourth-order valence-electron chi connectivity index (χ4n) is 3.68. The summed E-state index contributed by atoms with van der Waals surface area (Å²) in [5, 5.41) is 14.1. The van der Waals surface area contributed by atoms with Gasteiger partial charge in [-0.2, -0.15) is 0 Å². The average molecular weight is 368 g/mol. The van der Waals surface area contributed by atoms with Gasteiger partial charge in [-0.25, -0.2) is 0 Å². The van der Waals surface area contributed by atoms with Gasteiger partial charge in [-0.1, -0.05) is 0 Å². The van der Waals surface area contributed by atoms with Gasteiger partial charge >= 0.3 is 5.97 Å². The molecule has 25 heavy (non-hydrogen) atoms. The third-order valence-corrected chi connectivity index (χ3v) is 6.02. The molecule has 3 rings (SSSR count). The van der Waals surface area contributed by atoms with E-state index in [0.29, 0.717) is 12.1 Å². The minimum absolute atomic E-state index is 0.196. The third kappa shape index (κ3) is 4.78. The topological polar surface area (TPSA) is 74.7 Å². The molecule has 0 amide bonds. The number of esters is 1. The summed E-state index contributed by atoms with van der Waals surface area (Å²) in [6.45, 7) is 7.84. The molecule has 6 nitrogen and oxygen atoms in total. The van der Waals surface area contributed by atoms with Gasteiger partial charge in [-0.15, -0.1) is 11.3 Å². The number of hydrogen-bond donors (Lipinski definition) is 2. The number of nitrogens with zero attached hydrogens (tertiary/aromatic N) is 2. The Hall–Kier alpha value is -1.02. The van der Waals surface area contributed by atoms with E-state index in [2.05, 4.69) is 15.2 Å². The van der Waals surface area contributed by atoms with Gasteiger partial charge in [-0.05, 0) is 46.5 Å². The highest BCUT2D eigenvalue weighted by atomic mass is 32.1. The van der Waals surface area contributed by atoms with Gasteiger partial charge in [0.25, 0.3) is 0 Å². The minimum Gasteiger partial charge on any atom is -0.459 e. The fourth-order valence-corrected chi connectivity index (χ4v) is 4.46. The molecule has 0 aromatic carbocycles. The highest BCUT2D eigenvalue weighted by Gasteiger charge is 2.40. The van der Waals surface area contributed by atoms with Crippen LogP contribution in [0.1, 0.15) is 51.3 Å². The molecule has 1 aromatic rings. The number of nitrogens with one attached hydrogen (secondary N) is 1. The maximum absolute atomic E-state index is 11.7. The van der Waals surface area contributed by atoms with E-state index in [1.54, 1.807) is 23.0 Å². The second-order valence-corrected chi connectivity index (χ2v) is 9.13. The third-order valence-electron chi connectivity index (χ3n) is 5.05. The molecule has 2 fully saturated rings. The number of carbonyl (C=O) groups is 1. The van der Waals surface area contributed by atoms with Crippen LogP contribution in [0.4, 0.5) is 0 Å². The molecule has 0 spiro atoms. The second-order valence-electron chi connectivity index (χ2n) is 8.25. The standard InChI is InChI=1S/C18H29N3O3S/c1-17(2,3)24-16(22)9-20-13-10-21(11-13)14-4-6-18(23,7-5-14)15-8-19-12-25-15/h8,12-14,20,23H,4-7,9-11H2,1-3H3. The summed E-state index contributed by atoms with van der Waals surface area (Å²) in [6.07, 6.45) is 5.41. The number of aliphatic hydroxyl groups is 1. The maximum Gasteiger partial charge on any atom is 0.320 e. The lowest BCUT2D eigenvalue weighted by molar-refractivity contribution is -0.154. The largest absolute Gasteiger partial charge is 0.459 e. The molecule has 1 saturated heterocycles. The highest BCUT2D eigenvalue weighted by molar-refractivity contribution is 7.09. The van der Waals surface area contributed by atoms with Gasteiger partial charge < -0.3 is 15.2 Å². The van der Waals surface area contributed by atoms with E-state index in [4.69, 9.17) is 4.74 Å². The lowest BCUT2D eigenvalue weighted by Gasteiger charge is -2.48. The lowest BCUT2D eigenvalue weighted by Crippen LogP contribution is -2.62. The van der Waals surface area contributed by atoms with Crippen molar-refractivity contribution in [1.82, 2.24) is 15.2 Å². The summed E-state index contributed by atoms with van der Waals surface area (Å²) in [7, 11) is 0. The Kier molecular flexibility index (Phi) is 5.48. The van der Waals surface area contributed by atoms with Crippen LogP contribution in [0.2, 0.25) is 0 Å². The van der Waals surface area contributed by atoms with Crippen molar-refractivity contribution in [3.05, 3.63) is 16.6 Å². The molecule has 2 N–H and O–H groups in total. The number of hydrogen-bond acceptors (Lipinski definition) is 7. The van der Waals surface area contributed by atoms with Crippen molar-refractivity contribution in [2.45, 2.75) is 69.7 Å². The quantitative estimate of drug-likeness (QED) is 0.774. The first-order valence-corrected chi connectivity index (χ1v) is 9.94. The van der Waals surface area contributed by atoms with Crippen molar-refractivity contribution in [1.29, 1.82) is 0 Å². The normalized spacial score (nSPS) is 28.6. The van der Waals surface area contributed by atoms with Crippen molar-refractivity contribution >= 4 is 17.3 Å². The number of carbonyl (C=O) groups excluding carboxylic acids is 1. The predicted molar refractivity (Wildman–Crippen MR) is 97.5 cm³/mol. The summed E-state index contributed by atoms with van der Waals surface area (Å²) in [6, 6.07) is 0.891. The van der Waals surface area contributed by atoms with Crippen LogP contribution in [-0.2, 0) is 15.1 Å². The van der Waals surface area contributed by atoms with Gasteiger partial charge in [0.15, 0.2) is 0 Å². The Morgan fingerprint density at radius 1 is 1.44 bits per heavy atom. The van der Waals surface area contributed by atoms with Crippen molar-refractivity contribution in [2.24, 2.45) is 0 Å². The summed E-state index contributed by atoms with van der Waals surface area (Å²) < 4.78 is 5.31. The molecule has 0 bridgehead atoms. The summed E-state index contributed by atoms with van der Waals surface area (Å²) in [4.78, 5) is 19.3. The second kappa shape index (κ2) is 7.31. The number of aromatic nitrogens is 1. The SMILES string of the molecule is CC(C)(C)OC(=O)CNC1CN(C2CCC(O)(c3cncs3)CC2)C1. The molecular formula is C18H29N3O3S. The molecule has 0 unspecified atom stereocenters. The van der Waals surface area contributed by atoms with Crippen molar-refractivity contribution < 1.29 is 14.6 Å².